The second-order valence-corrected chi connectivity index (χ2v) is 9.26. The highest BCUT2D eigenvalue weighted by molar-refractivity contribution is 7.10. The maximum Gasteiger partial charge on any atom is 0.417 e. The lowest BCUT2D eigenvalue weighted by molar-refractivity contribution is -0.153. The van der Waals surface area contributed by atoms with Gasteiger partial charge in [0.2, 0.25) is 5.91 Å². The van der Waals surface area contributed by atoms with E-state index in [0.717, 1.165) is 9.78 Å². The fourth-order valence-corrected chi connectivity index (χ4v) is 4.22. The van der Waals surface area contributed by atoms with Crippen LogP contribution >= 0.6 is 11.3 Å². The molecule has 30 heavy (non-hydrogen) atoms. The number of methoxy groups -OCH3 is 2. The summed E-state index contributed by atoms with van der Waals surface area (Å²) >= 11 is 1.47. The number of carbonyl (C=O) groups excluding carboxylic acids is 4. The summed E-state index contributed by atoms with van der Waals surface area (Å²) in [5.41, 5.74) is -0.238. The van der Waals surface area contributed by atoms with Crippen molar-refractivity contribution < 1.29 is 33.4 Å². The van der Waals surface area contributed by atoms with Gasteiger partial charge in [0.15, 0.2) is 0 Å². The molecule has 2 unspecified atom stereocenters. The molecule has 2 rings (SSSR count). The first-order chi connectivity index (χ1) is 14.1. The Hall–Kier alpha value is -2.42. The smallest absolute Gasteiger partial charge is 0.417 e. The van der Waals surface area contributed by atoms with Gasteiger partial charge in [-0.25, -0.2) is 14.5 Å². The number of amides is 2. The summed E-state index contributed by atoms with van der Waals surface area (Å²) in [4.78, 5) is 51.3. The Kier molecular flexibility index (Phi) is 8.00. The summed E-state index contributed by atoms with van der Waals surface area (Å²) in [5, 5.41) is 1.75. The molecule has 9 heteroatoms. The Bertz CT molecular complexity index is 796. The van der Waals surface area contributed by atoms with Crippen molar-refractivity contribution in [3.05, 3.63) is 21.9 Å². The van der Waals surface area contributed by atoms with Crippen LogP contribution in [0.3, 0.4) is 0 Å². The van der Waals surface area contributed by atoms with Crippen molar-refractivity contribution in [2.75, 3.05) is 20.8 Å². The minimum Gasteiger partial charge on any atom is -0.468 e. The molecular formula is C21H29NO7S. The van der Waals surface area contributed by atoms with Gasteiger partial charge >= 0.3 is 18.0 Å². The van der Waals surface area contributed by atoms with Crippen molar-refractivity contribution in [2.45, 2.75) is 52.1 Å². The molecule has 166 valence electrons. The zero-order chi connectivity index (χ0) is 22.5. The summed E-state index contributed by atoms with van der Waals surface area (Å²) in [6.45, 7) is 5.34. The van der Waals surface area contributed by atoms with E-state index in [1.807, 2.05) is 0 Å². The van der Waals surface area contributed by atoms with Crippen molar-refractivity contribution in [3.8, 4) is 0 Å². The Labute approximate surface area is 180 Å². The van der Waals surface area contributed by atoms with Gasteiger partial charge in [0.1, 0.15) is 11.5 Å². The SMILES string of the molecule is COC(=O)c1csc(CCC2CCN(C(=O)OC(C)(C)C)C(=O)C(C(=O)OC)C2)c1. The van der Waals surface area contributed by atoms with Crippen LogP contribution < -0.4 is 0 Å². The monoisotopic (exact) mass is 439 g/mol. The molecule has 2 atom stereocenters. The Morgan fingerprint density at radius 2 is 1.90 bits per heavy atom. The molecule has 0 N–H and O–H groups in total. The number of esters is 2. The molecule has 1 saturated heterocycles. The molecule has 0 bridgehead atoms. The molecule has 0 saturated carbocycles. The van der Waals surface area contributed by atoms with Gasteiger partial charge < -0.3 is 14.2 Å². The van der Waals surface area contributed by atoms with Crippen LogP contribution in [0, 0.1) is 11.8 Å². The van der Waals surface area contributed by atoms with Gasteiger partial charge in [-0.05, 0) is 58.4 Å². The van der Waals surface area contributed by atoms with Gasteiger partial charge in [-0.3, -0.25) is 9.59 Å². The molecule has 1 aromatic heterocycles. The van der Waals surface area contributed by atoms with E-state index in [0.29, 0.717) is 31.2 Å². The zero-order valence-corrected chi connectivity index (χ0v) is 18.9. The molecule has 0 aromatic carbocycles. The second-order valence-electron chi connectivity index (χ2n) is 8.27. The maximum absolute atomic E-state index is 12.9. The number of rotatable bonds is 5. The van der Waals surface area contributed by atoms with Gasteiger partial charge in [-0.2, -0.15) is 0 Å². The molecule has 1 aliphatic rings. The van der Waals surface area contributed by atoms with Crippen LogP contribution in [0.1, 0.15) is 55.3 Å². The summed E-state index contributed by atoms with van der Waals surface area (Å²) in [5.74, 6) is -2.61. The summed E-state index contributed by atoms with van der Waals surface area (Å²) in [6, 6.07) is 1.79. The summed E-state index contributed by atoms with van der Waals surface area (Å²) in [7, 11) is 2.57. The number of hydrogen-bond donors (Lipinski definition) is 0. The Morgan fingerprint density at radius 1 is 1.20 bits per heavy atom. The summed E-state index contributed by atoms with van der Waals surface area (Å²) < 4.78 is 14.9. The lowest BCUT2D eigenvalue weighted by Gasteiger charge is -2.26. The third-order valence-corrected chi connectivity index (χ3v) is 5.86. The number of carbonyl (C=O) groups is 4. The lowest BCUT2D eigenvalue weighted by Crippen LogP contribution is -2.44. The van der Waals surface area contributed by atoms with E-state index in [4.69, 9.17) is 14.2 Å². The quantitative estimate of drug-likeness (QED) is 0.394. The number of aryl methyl sites for hydroxylation is 1. The Morgan fingerprint density at radius 3 is 2.50 bits per heavy atom. The first-order valence-corrected chi connectivity index (χ1v) is 10.7. The molecular weight excluding hydrogens is 410 g/mol. The standard InChI is InChI=1S/C21H29NO7S/c1-21(2,3)29-20(26)22-9-8-13(10-16(17(22)23)19(25)28-5)6-7-15-11-14(12-30-15)18(24)27-4/h11-13,16H,6-10H2,1-5H3. The van der Waals surface area contributed by atoms with E-state index in [2.05, 4.69) is 0 Å². The lowest BCUT2D eigenvalue weighted by atomic mass is 9.89. The number of ether oxygens (including phenoxy) is 3. The number of imide groups is 1. The van der Waals surface area contributed by atoms with E-state index >= 15 is 0 Å². The fraction of sp³-hybridized carbons (Fsp3) is 0.619. The van der Waals surface area contributed by atoms with Crippen LogP contribution in [0.15, 0.2) is 11.4 Å². The molecule has 1 aliphatic heterocycles. The number of hydrogen-bond acceptors (Lipinski definition) is 8. The van der Waals surface area contributed by atoms with Crippen molar-refractivity contribution in [1.82, 2.24) is 4.90 Å². The highest BCUT2D eigenvalue weighted by Crippen LogP contribution is 2.30. The largest absolute Gasteiger partial charge is 0.468 e. The van der Waals surface area contributed by atoms with Crippen LogP contribution in [-0.4, -0.2) is 55.2 Å². The third kappa shape index (κ3) is 6.29. The average Bonchev–Trinajstić information content (AvgIpc) is 3.08. The maximum atomic E-state index is 12.9. The van der Waals surface area contributed by atoms with Crippen LogP contribution in [0.4, 0.5) is 4.79 Å². The highest BCUT2D eigenvalue weighted by Gasteiger charge is 2.40. The molecule has 0 radical (unpaired) electrons. The van der Waals surface area contributed by atoms with Gasteiger partial charge in [0.05, 0.1) is 19.8 Å². The van der Waals surface area contributed by atoms with E-state index in [-0.39, 0.29) is 18.4 Å². The van der Waals surface area contributed by atoms with Crippen molar-refractivity contribution >= 4 is 35.3 Å². The van der Waals surface area contributed by atoms with Gasteiger partial charge in [0, 0.05) is 16.8 Å². The number of likely N-dealkylation sites (tertiary alicyclic amines) is 1. The van der Waals surface area contributed by atoms with Crippen molar-refractivity contribution in [2.24, 2.45) is 11.8 Å². The van der Waals surface area contributed by atoms with Crippen molar-refractivity contribution in [3.63, 3.8) is 0 Å². The first-order valence-electron chi connectivity index (χ1n) is 9.83. The van der Waals surface area contributed by atoms with Gasteiger partial charge in [-0.15, -0.1) is 11.3 Å². The molecule has 1 fully saturated rings. The molecule has 0 spiro atoms. The molecule has 2 amide bonds. The van der Waals surface area contributed by atoms with Crippen LogP contribution in [0.25, 0.3) is 0 Å². The minimum absolute atomic E-state index is 0.0363. The van der Waals surface area contributed by atoms with Gasteiger partial charge in [0.25, 0.3) is 0 Å². The van der Waals surface area contributed by atoms with E-state index < -0.39 is 29.5 Å². The molecule has 1 aromatic rings. The number of thiophene rings is 1. The predicted molar refractivity (Wildman–Crippen MR) is 110 cm³/mol. The molecule has 2 heterocycles. The topological polar surface area (TPSA) is 99.2 Å². The van der Waals surface area contributed by atoms with E-state index in [1.54, 1.807) is 32.2 Å². The number of nitrogens with zero attached hydrogens (tertiary/aromatic N) is 1. The van der Waals surface area contributed by atoms with Gasteiger partial charge in [-0.1, -0.05) is 0 Å². The fourth-order valence-electron chi connectivity index (χ4n) is 3.34. The molecule has 8 nitrogen and oxygen atoms in total. The second kappa shape index (κ2) is 10.1. The summed E-state index contributed by atoms with van der Waals surface area (Å²) in [6.07, 6.45) is 1.53. The average molecular weight is 440 g/mol. The van der Waals surface area contributed by atoms with Crippen molar-refractivity contribution in [1.29, 1.82) is 0 Å². The normalized spacial score (nSPS) is 19.8. The van der Waals surface area contributed by atoms with Crippen LogP contribution in [0.2, 0.25) is 0 Å². The molecule has 0 aliphatic carbocycles. The predicted octanol–water partition coefficient (Wildman–Crippen LogP) is 3.43. The first kappa shape index (κ1) is 23.9. The Balaban J connectivity index is 2.10. The minimum atomic E-state index is -1.04. The highest BCUT2D eigenvalue weighted by atomic mass is 32.1. The van der Waals surface area contributed by atoms with E-state index in [9.17, 15) is 19.2 Å². The zero-order valence-electron chi connectivity index (χ0n) is 18.1. The van der Waals surface area contributed by atoms with Crippen LogP contribution in [0.5, 0.6) is 0 Å². The van der Waals surface area contributed by atoms with Crippen LogP contribution in [-0.2, 0) is 30.2 Å². The van der Waals surface area contributed by atoms with E-state index in [1.165, 1.54) is 25.6 Å². The third-order valence-electron chi connectivity index (χ3n) is 4.87.